The van der Waals surface area contributed by atoms with Crippen LogP contribution in [-0.4, -0.2) is 0 Å². The van der Waals surface area contributed by atoms with Gasteiger partial charge in [0.1, 0.15) is 11.6 Å². The van der Waals surface area contributed by atoms with Gasteiger partial charge in [-0.3, -0.25) is 0 Å². The van der Waals surface area contributed by atoms with Crippen LogP contribution in [0.15, 0.2) is 30.3 Å². The zero-order chi connectivity index (χ0) is 21.6. The minimum atomic E-state index is -4.18. The molecule has 1 saturated carbocycles. The fraction of sp³-hybridized carbons (Fsp3) is 0.455. The SMILES string of the molecule is CC.Fc1cc(C2CCCCCC2)ccc1C(F)(F)Oc1cc(F)c(F)c(F)c1. The van der Waals surface area contributed by atoms with E-state index in [9.17, 15) is 26.3 Å². The average molecular weight is 418 g/mol. The third-order valence-electron chi connectivity index (χ3n) is 4.84. The molecule has 0 saturated heterocycles. The first-order valence-electron chi connectivity index (χ1n) is 9.79. The van der Waals surface area contributed by atoms with Gasteiger partial charge in [0.15, 0.2) is 17.5 Å². The summed E-state index contributed by atoms with van der Waals surface area (Å²) in [7, 11) is 0. The van der Waals surface area contributed by atoms with Gasteiger partial charge in [-0.05, 0) is 36.5 Å². The van der Waals surface area contributed by atoms with E-state index >= 15 is 0 Å². The van der Waals surface area contributed by atoms with Gasteiger partial charge in [-0.15, -0.1) is 0 Å². The predicted octanol–water partition coefficient (Wildman–Crippen LogP) is 7.84. The van der Waals surface area contributed by atoms with Crippen molar-refractivity contribution in [3.63, 3.8) is 0 Å². The summed E-state index contributed by atoms with van der Waals surface area (Å²) in [5, 5.41) is 0. The summed E-state index contributed by atoms with van der Waals surface area (Å²) in [4.78, 5) is 0. The van der Waals surface area contributed by atoms with Crippen LogP contribution in [0.1, 0.15) is 69.4 Å². The molecule has 1 aliphatic rings. The Hall–Kier alpha value is -2.18. The molecule has 0 aliphatic heterocycles. The topological polar surface area (TPSA) is 9.23 Å². The Morgan fingerprint density at radius 3 is 1.86 bits per heavy atom. The van der Waals surface area contributed by atoms with Crippen molar-refractivity contribution in [1.29, 1.82) is 0 Å². The van der Waals surface area contributed by atoms with Crippen LogP contribution in [-0.2, 0) is 6.11 Å². The van der Waals surface area contributed by atoms with Gasteiger partial charge in [0, 0.05) is 12.1 Å². The van der Waals surface area contributed by atoms with E-state index in [0.29, 0.717) is 5.56 Å². The Labute approximate surface area is 166 Å². The number of hydrogen-bond acceptors (Lipinski definition) is 1. The fourth-order valence-electron chi connectivity index (χ4n) is 3.43. The molecule has 0 aromatic heterocycles. The van der Waals surface area contributed by atoms with E-state index in [4.69, 9.17) is 0 Å². The normalized spacial score (nSPS) is 15.3. The maximum atomic E-state index is 14.4. The van der Waals surface area contributed by atoms with Crippen LogP contribution in [0, 0.1) is 23.3 Å². The largest absolute Gasteiger partial charge is 0.429 e. The molecule has 0 unspecified atom stereocenters. The van der Waals surface area contributed by atoms with Crippen molar-refractivity contribution in [3.05, 3.63) is 64.7 Å². The zero-order valence-electron chi connectivity index (χ0n) is 16.4. The van der Waals surface area contributed by atoms with Crippen molar-refractivity contribution < 1.29 is 31.1 Å². The molecule has 0 bridgehead atoms. The summed E-state index contributed by atoms with van der Waals surface area (Å²) in [6.45, 7) is 4.00. The standard InChI is InChI=1S/C20H18F6O.C2H6/c21-16-9-13(12-5-3-1-2-4-6-12)7-8-15(16)20(25,26)27-14-10-17(22)19(24)18(23)11-14;1-2/h7-12H,1-6H2;1-2H3. The van der Waals surface area contributed by atoms with E-state index in [0.717, 1.165) is 50.7 Å². The number of hydrogen-bond donors (Lipinski definition) is 0. The van der Waals surface area contributed by atoms with Crippen molar-refractivity contribution in [2.24, 2.45) is 0 Å². The van der Waals surface area contributed by atoms with Crippen molar-refractivity contribution in [3.8, 4) is 5.75 Å². The first-order chi connectivity index (χ1) is 13.8. The maximum absolute atomic E-state index is 14.4. The molecule has 1 aliphatic carbocycles. The Morgan fingerprint density at radius 1 is 0.793 bits per heavy atom. The molecular weight excluding hydrogens is 394 g/mol. The second-order valence-electron chi connectivity index (χ2n) is 6.75. The van der Waals surface area contributed by atoms with Crippen LogP contribution in [0.5, 0.6) is 5.75 Å². The molecule has 7 heteroatoms. The third kappa shape index (κ3) is 5.67. The van der Waals surface area contributed by atoms with Crippen molar-refractivity contribution in [2.45, 2.75) is 64.4 Å². The van der Waals surface area contributed by atoms with Gasteiger partial charge in [0.2, 0.25) is 0 Å². The van der Waals surface area contributed by atoms with E-state index in [1.54, 1.807) is 0 Å². The van der Waals surface area contributed by atoms with Gasteiger partial charge in [-0.2, -0.15) is 8.78 Å². The van der Waals surface area contributed by atoms with E-state index < -0.39 is 40.7 Å². The Kier molecular flexibility index (Phi) is 7.99. The molecule has 160 valence electrons. The van der Waals surface area contributed by atoms with Gasteiger partial charge < -0.3 is 4.74 Å². The zero-order valence-corrected chi connectivity index (χ0v) is 16.4. The molecule has 0 spiro atoms. The van der Waals surface area contributed by atoms with Gasteiger partial charge in [-0.1, -0.05) is 45.6 Å². The highest BCUT2D eigenvalue weighted by Crippen LogP contribution is 2.37. The van der Waals surface area contributed by atoms with Gasteiger partial charge >= 0.3 is 6.11 Å². The number of rotatable bonds is 4. The van der Waals surface area contributed by atoms with E-state index in [1.807, 2.05) is 13.8 Å². The Morgan fingerprint density at radius 2 is 1.34 bits per heavy atom. The van der Waals surface area contributed by atoms with Gasteiger partial charge in [0.25, 0.3) is 0 Å². The molecule has 0 atom stereocenters. The van der Waals surface area contributed by atoms with E-state index in [-0.39, 0.29) is 18.1 Å². The van der Waals surface area contributed by atoms with E-state index in [1.165, 1.54) is 6.07 Å². The highest BCUT2D eigenvalue weighted by molar-refractivity contribution is 5.31. The summed E-state index contributed by atoms with van der Waals surface area (Å²) < 4.78 is 86.5. The Balaban J connectivity index is 0.00000145. The molecule has 0 N–H and O–H groups in total. The van der Waals surface area contributed by atoms with Crippen LogP contribution < -0.4 is 4.74 Å². The molecule has 0 amide bonds. The van der Waals surface area contributed by atoms with Crippen molar-refractivity contribution in [1.82, 2.24) is 0 Å². The smallest absolute Gasteiger partial charge is 0.429 e. The minimum absolute atomic E-state index is 0.117. The monoisotopic (exact) mass is 418 g/mol. The van der Waals surface area contributed by atoms with Crippen LogP contribution in [0.3, 0.4) is 0 Å². The lowest BCUT2D eigenvalue weighted by Crippen LogP contribution is -2.24. The number of halogens is 6. The highest BCUT2D eigenvalue weighted by atomic mass is 19.3. The fourth-order valence-corrected chi connectivity index (χ4v) is 3.43. The summed E-state index contributed by atoms with van der Waals surface area (Å²) in [5.41, 5.74) is -0.405. The lowest BCUT2D eigenvalue weighted by atomic mass is 9.91. The van der Waals surface area contributed by atoms with Crippen LogP contribution in [0.25, 0.3) is 0 Å². The van der Waals surface area contributed by atoms with Crippen LogP contribution in [0.4, 0.5) is 26.3 Å². The van der Waals surface area contributed by atoms with Crippen molar-refractivity contribution >= 4 is 0 Å². The summed E-state index contributed by atoms with van der Waals surface area (Å²) in [6.07, 6.45) is 1.80. The average Bonchev–Trinajstić information content (AvgIpc) is 2.96. The number of ether oxygens (including phenoxy) is 1. The summed E-state index contributed by atoms with van der Waals surface area (Å²) in [6, 6.07) is 3.98. The Bertz CT molecular complexity index is 790. The predicted molar refractivity (Wildman–Crippen MR) is 99.0 cm³/mol. The number of benzene rings is 2. The quantitative estimate of drug-likeness (QED) is 0.279. The lowest BCUT2D eigenvalue weighted by molar-refractivity contribution is -0.187. The summed E-state index contributed by atoms with van der Waals surface area (Å²) >= 11 is 0. The molecule has 1 fully saturated rings. The molecule has 0 radical (unpaired) electrons. The molecule has 29 heavy (non-hydrogen) atoms. The molecule has 2 aromatic rings. The second-order valence-corrected chi connectivity index (χ2v) is 6.75. The molecule has 2 aromatic carbocycles. The van der Waals surface area contributed by atoms with Crippen molar-refractivity contribution in [2.75, 3.05) is 0 Å². The first-order valence-corrected chi connectivity index (χ1v) is 9.79. The number of alkyl halides is 2. The summed E-state index contributed by atoms with van der Waals surface area (Å²) in [5.74, 6) is -7.14. The highest BCUT2D eigenvalue weighted by Gasteiger charge is 2.38. The molecule has 0 heterocycles. The first kappa shape index (κ1) is 23.1. The lowest BCUT2D eigenvalue weighted by Gasteiger charge is -2.21. The third-order valence-corrected chi connectivity index (χ3v) is 4.84. The van der Waals surface area contributed by atoms with Crippen LogP contribution in [0.2, 0.25) is 0 Å². The molecule has 1 nitrogen and oxygen atoms in total. The minimum Gasteiger partial charge on any atom is -0.429 e. The molecule has 3 rings (SSSR count). The van der Waals surface area contributed by atoms with Crippen LogP contribution >= 0.6 is 0 Å². The maximum Gasteiger partial charge on any atom is 0.429 e. The second kappa shape index (κ2) is 10.0. The molecular formula is C22H24F6O. The van der Waals surface area contributed by atoms with Gasteiger partial charge in [-0.25, -0.2) is 17.6 Å². The van der Waals surface area contributed by atoms with E-state index in [2.05, 4.69) is 4.74 Å². The van der Waals surface area contributed by atoms with Gasteiger partial charge in [0.05, 0.1) is 5.56 Å².